The summed E-state index contributed by atoms with van der Waals surface area (Å²) < 4.78 is 0. The summed E-state index contributed by atoms with van der Waals surface area (Å²) in [7, 11) is 1.69. The van der Waals surface area contributed by atoms with E-state index in [1.807, 2.05) is 11.8 Å². The molecular weight excluding hydrogens is 288 g/mol. The summed E-state index contributed by atoms with van der Waals surface area (Å²) in [6.45, 7) is 1.22. The van der Waals surface area contributed by atoms with Crippen molar-refractivity contribution in [3.63, 3.8) is 0 Å². The van der Waals surface area contributed by atoms with Gasteiger partial charge >= 0.3 is 0 Å². The molecule has 2 N–H and O–H groups in total. The molecule has 0 aliphatic carbocycles. The number of rotatable bonds is 8. The van der Waals surface area contributed by atoms with E-state index in [2.05, 4.69) is 21.9 Å². The zero-order chi connectivity index (χ0) is 15.5. The third-order valence-corrected chi connectivity index (χ3v) is 3.62. The Morgan fingerprint density at radius 3 is 2.76 bits per heavy atom. The highest BCUT2D eigenvalue weighted by molar-refractivity contribution is 7.98. The highest BCUT2D eigenvalue weighted by Crippen LogP contribution is 2.16. The minimum Gasteiger partial charge on any atom is -0.356 e. The van der Waals surface area contributed by atoms with E-state index in [4.69, 9.17) is 0 Å². The average Bonchev–Trinajstić information content (AvgIpc) is 2.50. The Morgan fingerprint density at radius 2 is 2.10 bits per heavy atom. The average molecular weight is 310 g/mol. The van der Waals surface area contributed by atoms with E-state index >= 15 is 0 Å². The summed E-state index contributed by atoms with van der Waals surface area (Å²) in [5.41, 5.74) is 0.772. The Balaban J connectivity index is 2.43. The molecule has 1 rings (SSSR count). The lowest BCUT2D eigenvalue weighted by Gasteiger charge is -2.11. The van der Waals surface area contributed by atoms with E-state index in [9.17, 15) is 10.1 Å². The molecule has 0 unspecified atom stereocenters. The quantitative estimate of drug-likeness (QED) is 0.253. The Bertz CT molecular complexity index is 480. The van der Waals surface area contributed by atoms with Gasteiger partial charge in [-0.3, -0.25) is 15.1 Å². The van der Waals surface area contributed by atoms with Gasteiger partial charge in [0.15, 0.2) is 5.96 Å². The first-order chi connectivity index (χ1) is 10.2. The summed E-state index contributed by atoms with van der Waals surface area (Å²) >= 11 is 1.84. The summed E-state index contributed by atoms with van der Waals surface area (Å²) in [5.74, 6) is 1.82. The second kappa shape index (κ2) is 10.0. The standard InChI is InChI=1S/C14H22N4O2S/c1-15-14(16-9-5-6-10-21-2)17-11-12-7-3-4-8-13(12)18(19)20/h3-4,7-8H,5-6,9-11H2,1-2H3,(H2,15,16,17). The predicted molar refractivity (Wildman–Crippen MR) is 88.9 cm³/mol. The van der Waals surface area contributed by atoms with Gasteiger partial charge in [-0.2, -0.15) is 11.8 Å². The van der Waals surface area contributed by atoms with Crippen LogP contribution in [0.2, 0.25) is 0 Å². The van der Waals surface area contributed by atoms with Gasteiger partial charge < -0.3 is 10.6 Å². The lowest BCUT2D eigenvalue weighted by atomic mass is 10.2. The van der Waals surface area contributed by atoms with Gasteiger partial charge in [0, 0.05) is 31.8 Å². The molecular formula is C14H22N4O2S. The van der Waals surface area contributed by atoms with Crippen LogP contribution < -0.4 is 10.6 Å². The molecule has 6 nitrogen and oxygen atoms in total. The third kappa shape index (κ3) is 6.48. The van der Waals surface area contributed by atoms with Crippen LogP contribution in [0.25, 0.3) is 0 Å². The van der Waals surface area contributed by atoms with Gasteiger partial charge in [-0.15, -0.1) is 0 Å². The largest absolute Gasteiger partial charge is 0.356 e. The van der Waals surface area contributed by atoms with Crippen LogP contribution in [0.3, 0.4) is 0 Å². The summed E-state index contributed by atoms with van der Waals surface area (Å²) in [6.07, 6.45) is 4.34. The van der Waals surface area contributed by atoms with Gasteiger partial charge in [0.2, 0.25) is 0 Å². The fourth-order valence-electron chi connectivity index (χ4n) is 1.82. The van der Waals surface area contributed by atoms with E-state index in [1.54, 1.807) is 25.2 Å². The molecule has 0 saturated carbocycles. The number of nitrogens with zero attached hydrogens (tertiary/aromatic N) is 2. The van der Waals surface area contributed by atoms with Crippen LogP contribution in [0.5, 0.6) is 0 Å². The van der Waals surface area contributed by atoms with E-state index in [1.165, 1.54) is 6.07 Å². The van der Waals surface area contributed by atoms with Crippen LogP contribution in [0, 0.1) is 10.1 Å². The molecule has 116 valence electrons. The maximum atomic E-state index is 10.9. The van der Waals surface area contributed by atoms with Crippen molar-refractivity contribution in [3.8, 4) is 0 Å². The van der Waals surface area contributed by atoms with Gasteiger partial charge in [-0.05, 0) is 24.9 Å². The lowest BCUT2D eigenvalue weighted by molar-refractivity contribution is -0.385. The molecule has 1 aromatic carbocycles. The van der Waals surface area contributed by atoms with Crippen molar-refractivity contribution in [2.24, 2.45) is 4.99 Å². The first-order valence-corrected chi connectivity index (χ1v) is 8.24. The van der Waals surface area contributed by atoms with Crippen LogP contribution in [0.4, 0.5) is 5.69 Å². The molecule has 0 heterocycles. The van der Waals surface area contributed by atoms with E-state index in [-0.39, 0.29) is 10.6 Å². The van der Waals surface area contributed by atoms with E-state index < -0.39 is 0 Å². The van der Waals surface area contributed by atoms with Crippen LogP contribution in [0.1, 0.15) is 18.4 Å². The molecule has 0 aliphatic rings. The number of para-hydroxylation sites is 1. The Morgan fingerprint density at radius 1 is 1.33 bits per heavy atom. The number of nitro groups is 1. The summed E-state index contributed by atoms with van der Waals surface area (Å²) in [5, 5.41) is 17.2. The van der Waals surface area contributed by atoms with Crippen molar-refractivity contribution >= 4 is 23.4 Å². The van der Waals surface area contributed by atoms with Crippen molar-refractivity contribution in [2.75, 3.05) is 25.6 Å². The van der Waals surface area contributed by atoms with Crippen LogP contribution in [0.15, 0.2) is 29.3 Å². The predicted octanol–water partition coefficient (Wildman–Crippen LogP) is 2.40. The van der Waals surface area contributed by atoms with Gasteiger partial charge in [0.1, 0.15) is 0 Å². The zero-order valence-corrected chi connectivity index (χ0v) is 13.3. The van der Waals surface area contributed by atoms with E-state index in [0.717, 1.165) is 25.1 Å². The molecule has 21 heavy (non-hydrogen) atoms. The van der Waals surface area contributed by atoms with Gasteiger partial charge in [0.05, 0.1) is 4.92 Å². The normalized spacial score (nSPS) is 11.2. The molecule has 0 radical (unpaired) electrons. The van der Waals surface area contributed by atoms with Crippen molar-refractivity contribution < 1.29 is 4.92 Å². The van der Waals surface area contributed by atoms with Gasteiger partial charge in [-0.25, -0.2) is 0 Å². The SMILES string of the molecule is CN=C(NCCCCSC)NCc1ccccc1[N+](=O)[O-]. The number of benzene rings is 1. The maximum Gasteiger partial charge on any atom is 0.274 e. The number of thioether (sulfide) groups is 1. The van der Waals surface area contributed by atoms with Crippen molar-refractivity contribution in [2.45, 2.75) is 19.4 Å². The monoisotopic (exact) mass is 310 g/mol. The Labute approximate surface area is 129 Å². The highest BCUT2D eigenvalue weighted by atomic mass is 32.2. The number of aliphatic imine (C=N–C) groups is 1. The maximum absolute atomic E-state index is 10.9. The lowest BCUT2D eigenvalue weighted by Crippen LogP contribution is -2.37. The molecule has 1 aromatic rings. The molecule has 0 atom stereocenters. The zero-order valence-electron chi connectivity index (χ0n) is 12.5. The fourth-order valence-corrected chi connectivity index (χ4v) is 2.31. The minimum absolute atomic E-state index is 0.125. The number of nitrogens with one attached hydrogen (secondary N) is 2. The molecule has 0 bridgehead atoms. The molecule has 0 saturated heterocycles. The van der Waals surface area contributed by atoms with Crippen molar-refractivity contribution in [3.05, 3.63) is 39.9 Å². The number of nitro benzene ring substituents is 1. The van der Waals surface area contributed by atoms with Crippen LogP contribution in [-0.2, 0) is 6.54 Å². The number of hydrogen-bond donors (Lipinski definition) is 2. The smallest absolute Gasteiger partial charge is 0.274 e. The number of unbranched alkanes of at least 4 members (excludes halogenated alkanes) is 1. The highest BCUT2D eigenvalue weighted by Gasteiger charge is 2.12. The number of hydrogen-bond acceptors (Lipinski definition) is 4. The molecule has 0 fully saturated rings. The van der Waals surface area contributed by atoms with Crippen LogP contribution in [-0.4, -0.2) is 36.5 Å². The first-order valence-electron chi connectivity index (χ1n) is 6.84. The van der Waals surface area contributed by atoms with Crippen molar-refractivity contribution in [1.29, 1.82) is 0 Å². The second-order valence-corrected chi connectivity index (χ2v) is 5.42. The molecule has 0 spiro atoms. The third-order valence-electron chi connectivity index (χ3n) is 2.93. The summed E-state index contributed by atoms with van der Waals surface area (Å²) in [4.78, 5) is 14.7. The first kappa shape index (κ1) is 17.3. The van der Waals surface area contributed by atoms with Gasteiger partial charge in [0.25, 0.3) is 5.69 Å². The topological polar surface area (TPSA) is 79.6 Å². The Kier molecular flexibility index (Phi) is 8.27. The Hall–Kier alpha value is -1.76. The molecule has 0 aliphatic heterocycles. The van der Waals surface area contributed by atoms with Crippen LogP contribution >= 0.6 is 11.8 Å². The molecule has 7 heteroatoms. The molecule has 0 aromatic heterocycles. The second-order valence-electron chi connectivity index (χ2n) is 4.44. The molecule has 0 amide bonds. The fraction of sp³-hybridized carbons (Fsp3) is 0.500. The summed E-state index contributed by atoms with van der Waals surface area (Å²) in [6, 6.07) is 6.72. The number of guanidine groups is 1. The van der Waals surface area contributed by atoms with Crippen molar-refractivity contribution in [1.82, 2.24) is 10.6 Å². The van der Waals surface area contributed by atoms with Gasteiger partial charge in [-0.1, -0.05) is 18.2 Å². The van der Waals surface area contributed by atoms with E-state index in [0.29, 0.717) is 18.1 Å². The minimum atomic E-state index is -0.365.